The Morgan fingerprint density at radius 3 is 2.53 bits per heavy atom. The first kappa shape index (κ1) is 21.1. The summed E-state index contributed by atoms with van der Waals surface area (Å²) in [7, 11) is 1.48. The number of esters is 1. The lowest BCUT2D eigenvalue weighted by molar-refractivity contribution is -0.384. The van der Waals surface area contributed by atoms with Crippen molar-refractivity contribution in [3.63, 3.8) is 0 Å². The molecular weight excluding hydrogens is 390 g/mol. The van der Waals surface area contributed by atoms with E-state index in [1.165, 1.54) is 26.2 Å². The Balaban J connectivity index is 1.70. The van der Waals surface area contributed by atoms with Gasteiger partial charge in [0.05, 0.1) is 23.3 Å². The predicted molar refractivity (Wildman–Crippen MR) is 111 cm³/mol. The smallest absolute Gasteiger partial charge is 0.339 e. The van der Waals surface area contributed by atoms with Gasteiger partial charge in [0.1, 0.15) is 11.4 Å². The number of anilines is 2. The molecule has 1 aliphatic heterocycles. The summed E-state index contributed by atoms with van der Waals surface area (Å²) in [5, 5.41) is 14.1. The van der Waals surface area contributed by atoms with Gasteiger partial charge in [0.25, 0.3) is 11.6 Å². The maximum absolute atomic E-state index is 12.5. The second-order valence-electron chi connectivity index (χ2n) is 6.89. The number of methoxy groups -OCH3 is 1. The molecule has 0 unspecified atom stereocenters. The second kappa shape index (κ2) is 9.25. The minimum absolute atomic E-state index is 0.0154. The van der Waals surface area contributed by atoms with Crippen LogP contribution in [0.4, 0.5) is 17.1 Å². The molecule has 3 rings (SSSR count). The molecule has 0 radical (unpaired) electrons. The maximum atomic E-state index is 12.5. The van der Waals surface area contributed by atoms with Crippen LogP contribution in [0.15, 0.2) is 42.5 Å². The standard InChI is InChI=1S/C21H23N3O6/c1-14(20(25)22-16-7-3-4-8-19(16)29-2)30-21(26)15-9-10-17(18(13-15)24(27)28)23-11-5-6-12-23/h3-4,7-10,13-14H,5-6,11-12H2,1-2H3,(H,22,25)/t14-/m1/s1. The van der Waals surface area contributed by atoms with Crippen LogP contribution in [0.3, 0.4) is 0 Å². The third-order valence-corrected chi connectivity index (χ3v) is 4.87. The summed E-state index contributed by atoms with van der Waals surface area (Å²) in [4.78, 5) is 37.8. The predicted octanol–water partition coefficient (Wildman–Crippen LogP) is 3.39. The highest BCUT2D eigenvalue weighted by Crippen LogP contribution is 2.32. The van der Waals surface area contributed by atoms with Gasteiger partial charge in [-0.25, -0.2) is 4.79 Å². The zero-order valence-corrected chi connectivity index (χ0v) is 16.8. The number of hydrogen-bond donors (Lipinski definition) is 1. The largest absolute Gasteiger partial charge is 0.495 e. The Morgan fingerprint density at radius 2 is 1.87 bits per heavy atom. The van der Waals surface area contributed by atoms with Gasteiger partial charge in [-0.15, -0.1) is 0 Å². The number of amides is 1. The molecule has 0 aliphatic carbocycles. The Labute approximate surface area is 173 Å². The van der Waals surface area contributed by atoms with Crippen molar-refractivity contribution in [2.45, 2.75) is 25.9 Å². The van der Waals surface area contributed by atoms with Crippen molar-refractivity contribution < 1.29 is 24.0 Å². The van der Waals surface area contributed by atoms with E-state index in [0.29, 0.717) is 17.1 Å². The summed E-state index contributed by atoms with van der Waals surface area (Å²) < 4.78 is 10.4. The van der Waals surface area contributed by atoms with Crippen molar-refractivity contribution in [2.24, 2.45) is 0 Å². The van der Waals surface area contributed by atoms with E-state index in [4.69, 9.17) is 9.47 Å². The fourth-order valence-corrected chi connectivity index (χ4v) is 3.29. The molecule has 1 saturated heterocycles. The number of rotatable bonds is 7. The number of hydrogen-bond acceptors (Lipinski definition) is 7. The van der Waals surface area contributed by atoms with Crippen molar-refractivity contribution in [3.8, 4) is 5.75 Å². The van der Waals surface area contributed by atoms with Gasteiger partial charge < -0.3 is 19.7 Å². The number of nitrogens with zero attached hydrogens (tertiary/aromatic N) is 2. The topological polar surface area (TPSA) is 111 Å². The lowest BCUT2D eigenvalue weighted by Crippen LogP contribution is -2.30. The molecule has 0 spiro atoms. The molecule has 158 valence electrons. The van der Waals surface area contributed by atoms with Gasteiger partial charge in [-0.2, -0.15) is 0 Å². The first-order chi connectivity index (χ1) is 14.4. The third kappa shape index (κ3) is 4.68. The molecule has 30 heavy (non-hydrogen) atoms. The van der Waals surface area contributed by atoms with Crippen LogP contribution in [0.5, 0.6) is 5.75 Å². The van der Waals surface area contributed by atoms with Crippen molar-refractivity contribution in [2.75, 3.05) is 30.4 Å². The number of ether oxygens (including phenoxy) is 2. The van der Waals surface area contributed by atoms with Crippen LogP contribution in [0, 0.1) is 10.1 Å². The summed E-state index contributed by atoms with van der Waals surface area (Å²) in [5.74, 6) is -0.887. The maximum Gasteiger partial charge on any atom is 0.339 e. The monoisotopic (exact) mass is 413 g/mol. The van der Waals surface area contributed by atoms with Crippen molar-refractivity contribution >= 4 is 28.9 Å². The molecule has 1 heterocycles. The normalized spacial score (nSPS) is 14.1. The number of nitro groups is 1. The van der Waals surface area contributed by atoms with E-state index in [1.807, 2.05) is 4.90 Å². The quantitative estimate of drug-likeness (QED) is 0.421. The van der Waals surface area contributed by atoms with Crippen LogP contribution in [-0.2, 0) is 9.53 Å². The molecule has 0 saturated carbocycles. The molecule has 1 amide bonds. The first-order valence-electron chi connectivity index (χ1n) is 9.59. The number of carbonyl (C=O) groups excluding carboxylic acids is 2. The zero-order valence-electron chi connectivity index (χ0n) is 16.8. The summed E-state index contributed by atoms with van der Waals surface area (Å²) in [5.41, 5.74) is 0.786. The zero-order chi connectivity index (χ0) is 21.7. The van der Waals surface area contributed by atoms with Gasteiger partial charge in [0, 0.05) is 19.2 Å². The molecular formula is C21H23N3O6. The molecule has 1 N–H and O–H groups in total. The fraction of sp³-hybridized carbons (Fsp3) is 0.333. The van der Waals surface area contributed by atoms with Gasteiger partial charge >= 0.3 is 5.97 Å². The summed E-state index contributed by atoms with van der Waals surface area (Å²) in [6.07, 6.45) is 0.833. The van der Waals surface area contributed by atoms with Gasteiger partial charge in [-0.05, 0) is 44.0 Å². The number of nitro benzene ring substituents is 1. The molecule has 1 aliphatic rings. The van der Waals surface area contributed by atoms with E-state index in [-0.39, 0.29) is 11.3 Å². The van der Waals surface area contributed by atoms with Crippen molar-refractivity contribution in [1.29, 1.82) is 0 Å². The molecule has 1 atom stereocenters. The molecule has 9 heteroatoms. The lowest BCUT2D eigenvalue weighted by atomic mass is 10.1. The highest BCUT2D eigenvalue weighted by atomic mass is 16.6. The highest BCUT2D eigenvalue weighted by molar-refractivity contribution is 5.98. The Kier molecular flexibility index (Phi) is 6.51. The summed E-state index contributed by atoms with van der Waals surface area (Å²) >= 11 is 0. The summed E-state index contributed by atoms with van der Waals surface area (Å²) in [6.45, 7) is 2.91. The number of nitrogens with one attached hydrogen (secondary N) is 1. The van der Waals surface area contributed by atoms with E-state index in [0.717, 1.165) is 25.9 Å². The van der Waals surface area contributed by atoms with E-state index < -0.39 is 22.9 Å². The van der Waals surface area contributed by atoms with Gasteiger partial charge in [0.15, 0.2) is 6.10 Å². The number of carbonyl (C=O) groups is 2. The van der Waals surface area contributed by atoms with Crippen LogP contribution < -0.4 is 15.0 Å². The average molecular weight is 413 g/mol. The minimum Gasteiger partial charge on any atom is -0.495 e. The molecule has 2 aromatic rings. The van der Waals surface area contributed by atoms with Crippen LogP contribution in [0.25, 0.3) is 0 Å². The Hall–Kier alpha value is -3.62. The minimum atomic E-state index is -1.11. The fourth-order valence-electron chi connectivity index (χ4n) is 3.29. The van der Waals surface area contributed by atoms with Gasteiger partial charge in [0.2, 0.25) is 0 Å². The molecule has 9 nitrogen and oxygen atoms in total. The SMILES string of the molecule is COc1ccccc1NC(=O)[C@@H](C)OC(=O)c1ccc(N2CCCC2)c([N+](=O)[O-])c1. The third-order valence-electron chi connectivity index (χ3n) is 4.87. The van der Waals surface area contributed by atoms with Crippen LogP contribution in [0.1, 0.15) is 30.1 Å². The van der Waals surface area contributed by atoms with Crippen LogP contribution in [-0.4, -0.2) is 43.1 Å². The highest BCUT2D eigenvalue weighted by Gasteiger charge is 2.26. The number of benzene rings is 2. The van der Waals surface area contributed by atoms with Gasteiger partial charge in [-0.3, -0.25) is 14.9 Å². The van der Waals surface area contributed by atoms with E-state index in [1.54, 1.807) is 30.3 Å². The van der Waals surface area contributed by atoms with Crippen molar-refractivity contribution in [1.82, 2.24) is 0 Å². The van der Waals surface area contributed by atoms with E-state index in [9.17, 15) is 19.7 Å². The Bertz CT molecular complexity index is 956. The average Bonchev–Trinajstić information content (AvgIpc) is 3.28. The molecule has 1 fully saturated rings. The summed E-state index contributed by atoms with van der Waals surface area (Å²) in [6, 6.07) is 11.1. The van der Waals surface area contributed by atoms with Crippen LogP contribution in [0.2, 0.25) is 0 Å². The van der Waals surface area contributed by atoms with Gasteiger partial charge in [-0.1, -0.05) is 12.1 Å². The molecule has 0 aromatic heterocycles. The lowest BCUT2D eigenvalue weighted by Gasteiger charge is -2.18. The molecule has 2 aromatic carbocycles. The van der Waals surface area contributed by atoms with Crippen LogP contribution >= 0.6 is 0 Å². The van der Waals surface area contributed by atoms with E-state index in [2.05, 4.69) is 5.32 Å². The van der Waals surface area contributed by atoms with Crippen molar-refractivity contribution in [3.05, 3.63) is 58.1 Å². The molecule has 0 bridgehead atoms. The second-order valence-corrected chi connectivity index (χ2v) is 6.89. The van der Waals surface area contributed by atoms with E-state index >= 15 is 0 Å². The number of para-hydroxylation sites is 2. The first-order valence-corrected chi connectivity index (χ1v) is 9.59. The Morgan fingerprint density at radius 1 is 1.17 bits per heavy atom.